The van der Waals surface area contributed by atoms with E-state index in [1.54, 1.807) is 35.6 Å². The molecule has 0 atom stereocenters. The molecule has 1 amide bonds. The third kappa shape index (κ3) is 3.28. The lowest BCUT2D eigenvalue weighted by Gasteiger charge is -2.26. The first-order valence-corrected chi connectivity index (χ1v) is 9.65. The minimum Gasteiger partial charge on any atom is -0.382 e. The van der Waals surface area contributed by atoms with Gasteiger partial charge in [0, 0.05) is 28.3 Å². The van der Waals surface area contributed by atoms with E-state index in [4.69, 9.17) is 10.7 Å². The van der Waals surface area contributed by atoms with Crippen LogP contribution in [0.1, 0.15) is 25.3 Å². The van der Waals surface area contributed by atoms with Crippen molar-refractivity contribution in [1.82, 2.24) is 29.8 Å². The molecule has 1 aliphatic heterocycles. The summed E-state index contributed by atoms with van der Waals surface area (Å²) >= 11 is 0. The summed E-state index contributed by atoms with van der Waals surface area (Å²) < 4.78 is 0. The molecule has 0 saturated carbocycles. The number of imidazole rings is 1. The SMILES string of the molecule is Nc1ncc(C2=CCN(C(=O)c3cccnc3)CC2)nc1-c1nc2ccccc2[nH]1.[HH].[HH]. The first kappa shape index (κ1) is 18.0. The van der Waals surface area contributed by atoms with Crippen molar-refractivity contribution in [3.05, 3.63) is 72.3 Å². The number of nitrogen functional groups attached to an aromatic ring is 1. The second-order valence-corrected chi connectivity index (χ2v) is 7.06. The van der Waals surface area contributed by atoms with Crippen LogP contribution >= 0.6 is 0 Å². The van der Waals surface area contributed by atoms with Crippen molar-refractivity contribution in [2.75, 3.05) is 18.8 Å². The summed E-state index contributed by atoms with van der Waals surface area (Å²) in [5.74, 6) is 0.889. The van der Waals surface area contributed by atoms with Gasteiger partial charge < -0.3 is 15.6 Å². The minimum atomic E-state index is -0.0234. The molecule has 0 fully saturated rings. The van der Waals surface area contributed by atoms with Gasteiger partial charge in [0.25, 0.3) is 5.91 Å². The van der Waals surface area contributed by atoms with Crippen LogP contribution in [-0.4, -0.2) is 48.8 Å². The van der Waals surface area contributed by atoms with Crippen molar-refractivity contribution >= 4 is 28.3 Å². The number of pyridine rings is 1. The van der Waals surface area contributed by atoms with Crippen LogP contribution in [0, 0.1) is 0 Å². The number of hydrogen-bond donors (Lipinski definition) is 2. The molecule has 4 aromatic rings. The van der Waals surface area contributed by atoms with Crippen LogP contribution in [0.2, 0.25) is 0 Å². The van der Waals surface area contributed by atoms with Gasteiger partial charge in [-0.2, -0.15) is 0 Å². The molecule has 3 N–H and O–H groups in total. The predicted molar refractivity (Wildman–Crippen MR) is 118 cm³/mol. The number of nitrogens with two attached hydrogens (primary N) is 1. The maximum Gasteiger partial charge on any atom is 0.255 e. The number of H-pyrrole nitrogens is 1. The Morgan fingerprint density at radius 2 is 2.03 bits per heavy atom. The second-order valence-electron chi connectivity index (χ2n) is 7.06. The molecular weight excluding hydrogens is 378 g/mol. The number of nitrogens with zero attached hydrogens (tertiary/aromatic N) is 5. The first-order chi connectivity index (χ1) is 14.7. The molecule has 0 bridgehead atoms. The zero-order valence-corrected chi connectivity index (χ0v) is 16.1. The highest BCUT2D eigenvalue weighted by Gasteiger charge is 2.21. The Balaban J connectivity index is 0.00000144. The zero-order valence-electron chi connectivity index (χ0n) is 16.1. The van der Waals surface area contributed by atoms with E-state index in [2.05, 4.69) is 19.9 Å². The number of amides is 1. The topological polar surface area (TPSA) is 114 Å². The van der Waals surface area contributed by atoms with E-state index in [9.17, 15) is 4.79 Å². The van der Waals surface area contributed by atoms with Gasteiger partial charge in [-0.05, 0) is 36.3 Å². The highest BCUT2D eigenvalue weighted by Crippen LogP contribution is 2.27. The fourth-order valence-corrected chi connectivity index (χ4v) is 3.55. The van der Waals surface area contributed by atoms with Crippen LogP contribution < -0.4 is 5.73 Å². The molecule has 0 spiro atoms. The summed E-state index contributed by atoms with van der Waals surface area (Å²) in [5.41, 5.74) is 10.8. The summed E-state index contributed by atoms with van der Waals surface area (Å²) in [6.07, 6.45) is 7.62. The smallest absolute Gasteiger partial charge is 0.255 e. The number of rotatable bonds is 3. The lowest BCUT2D eigenvalue weighted by atomic mass is 10.0. The molecule has 0 unspecified atom stereocenters. The molecule has 8 heteroatoms. The van der Waals surface area contributed by atoms with Gasteiger partial charge in [0.15, 0.2) is 11.6 Å². The van der Waals surface area contributed by atoms with Crippen molar-refractivity contribution in [3.63, 3.8) is 0 Å². The number of nitrogens with one attached hydrogen (secondary N) is 1. The Morgan fingerprint density at radius 1 is 1.13 bits per heavy atom. The number of anilines is 1. The Bertz CT molecular complexity index is 1240. The van der Waals surface area contributed by atoms with Gasteiger partial charge >= 0.3 is 0 Å². The number of fused-ring (bicyclic) bond motifs is 1. The average Bonchev–Trinajstić information content (AvgIpc) is 3.24. The van der Waals surface area contributed by atoms with E-state index in [1.165, 1.54) is 0 Å². The van der Waals surface area contributed by atoms with Crippen LogP contribution in [-0.2, 0) is 0 Å². The molecule has 0 aliphatic carbocycles. The Labute approximate surface area is 175 Å². The van der Waals surface area contributed by atoms with Crippen molar-refractivity contribution < 1.29 is 7.65 Å². The lowest BCUT2D eigenvalue weighted by molar-refractivity contribution is 0.0772. The standard InChI is InChI=1S/C22H19N7O.2H2/c23-20-19(21-27-16-5-1-2-6-17(16)28-21)26-18(13-25-20)14-7-10-29(11-8-14)22(30)15-4-3-9-24-12-15;;/h1-7,9,12-13H,8,10-11H2,(H2,23,25)(H,27,28);2*1H. The Morgan fingerprint density at radius 3 is 2.80 bits per heavy atom. The minimum absolute atomic E-state index is 0. The predicted octanol–water partition coefficient (Wildman–Crippen LogP) is 3.42. The maximum atomic E-state index is 12.6. The first-order valence-electron chi connectivity index (χ1n) is 9.65. The number of aromatic nitrogens is 5. The van der Waals surface area contributed by atoms with Gasteiger partial charge in [0.1, 0.15) is 5.69 Å². The van der Waals surface area contributed by atoms with Gasteiger partial charge in [-0.1, -0.05) is 18.2 Å². The number of para-hydroxylation sites is 2. The largest absolute Gasteiger partial charge is 0.382 e. The summed E-state index contributed by atoms with van der Waals surface area (Å²) in [6.45, 7) is 1.11. The molecule has 152 valence electrons. The van der Waals surface area contributed by atoms with Gasteiger partial charge in [0.2, 0.25) is 0 Å². The van der Waals surface area contributed by atoms with E-state index in [1.807, 2.05) is 30.3 Å². The normalized spacial score (nSPS) is 14.0. The maximum absolute atomic E-state index is 12.6. The van der Waals surface area contributed by atoms with E-state index in [0.29, 0.717) is 42.4 Å². The Hall–Kier alpha value is -4.07. The summed E-state index contributed by atoms with van der Waals surface area (Å²) in [4.78, 5) is 35.3. The monoisotopic (exact) mass is 401 g/mol. The van der Waals surface area contributed by atoms with E-state index >= 15 is 0 Å². The second kappa shape index (κ2) is 7.40. The van der Waals surface area contributed by atoms with Crippen LogP contribution in [0.3, 0.4) is 0 Å². The fourth-order valence-electron chi connectivity index (χ4n) is 3.55. The van der Waals surface area contributed by atoms with Crippen molar-refractivity contribution in [1.29, 1.82) is 0 Å². The molecule has 0 saturated heterocycles. The van der Waals surface area contributed by atoms with Crippen molar-refractivity contribution in [3.8, 4) is 11.5 Å². The molecule has 0 radical (unpaired) electrons. The summed E-state index contributed by atoms with van der Waals surface area (Å²) in [6, 6.07) is 11.3. The third-order valence-corrected chi connectivity index (χ3v) is 5.15. The van der Waals surface area contributed by atoms with Crippen molar-refractivity contribution in [2.45, 2.75) is 6.42 Å². The van der Waals surface area contributed by atoms with Crippen LogP contribution in [0.5, 0.6) is 0 Å². The van der Waals surface area contributed by atoms with Crippen molar-refractivity contribution in [2.24, 2.45) is 0 Å². The number of aromatic amines is 1. The number of carbonyl (C=O) groups excluding carboxylic acids is 1. The molecule has 30 heavy (non-hydrogen) atoms. The quantitative estimate of drug-likeness (QED) is 0.544. The van der Waals surface area contributed by atoms with Gasteiger partial charge in [-0.3, -0.25) is 9.78 Å². The molecule has 3 aromatic heterocycles. The van der Waals surface area contributed by atoms with Gasteiger partial charge in [0.05, 0.1) is 28.5 Å². The molecule has 5 rings (SSSR count). The average molecular weight is 401 g/mol. The third-order valence-electron chi connectivity index (χ3n) is 5.15. The van der Waals surface area contributed by atoms with Crippen LogP contribution in [0.4, 0.5) is 5.82 Å². The van der Waals surface area contributed by atoms with Crippen LogP contribution in [0.25, 0.3) is 28.1 Å². The molecule has 1 aliphatic rings. The molecule has 4 heterocycles. The summed E-state index contributed by atoms with van der Waals surface area (Å²) in [5, 5.41) is 0. The van der Waals surface area contributed by atoms with Gasteiger partial charge in [-0.25, -0.2) is 15.0 Å². The highest BCUT2D eigenvalue weighted by molar-refractivity contribution is 5.94. The molecule has 1 aromatic carbocycles. The van der Waals surface area contributed by atoms with E-state index < -0.39 is 0 Å². The van der Waals surface area contributed by atoms with Gasteiger partial charge in [-0.15, -0.1) is 0 Å². The van der Waals surface area contributed by atoms with E-state index in [0.717, 1.165) is 22.3 Å². The number of carbonyl (C=O) groups is 1. The van der Waals surface area contributed by atoms with Crippen LogP contribution in [0.15, 0.2) is 61.1 Å². The lowest BCUT2D eigenvalue weighted by Crippen LogP contribution is -2.34. The molecular formula is C22H23N7O. The fraction of sp³-hybridized carbons (Fsp3) is 0.136. The molecule has 8 nitrogen and oxygen atoms in total. The number of hydrogen-bond acceptors (Lipinski definition) is 6. The highest BCUT2D eigenvalue weighted by atomic mass is 16.2. The summed E-state index contributed by atoms with van der Waals surface area (Å²) in [7, 11) is 0. The van der Waals surface area contributed by atoms with E-state index in [-0.39, 0.29) is 8.76 Å². The number of benzene rings is 1. The zero-order chi connectivity index (χ0) is 20.5. The Kier molecular flexibility index (Phi) is 4.44.